The second kappa shape index (κ2) is 4.77. The third-order valence-corrected chi connectivity index (χ3v) is 5.44. The third-order valence-electron chi connectivity index (χ3n) is 2.50. The fourth-order valence-corrected chi connectivity index (χ4v) is 1.61. The van der Waals surface area contributed by atoms with Crippen LogP contribution in [0.2, 0.25) is 0 Å². The Morgan fingerprint density at radius 2 is 2.12 bits per heavy atom. The first-order chi connectivity index (χ1) is 7.65. The topological polar surface area (TPSA) is 91.9 Å². The first kappa shape index (κ1) is 14.2. The molecule has 0 radical (unpaired) electrons. The summed E-state index contributed by atoms with van der Waals surface area (Å²) in [5.41, 5.74) is 0.0950. The third kappa shape index (κ3) is 3.29. The van der Waals surface area contributed by atoms with Crippen molar-refractivity contribution in [3.63, 3.8) is 0 Å². The van der Waals surface area contributed by atoms with E-state index in [9.17, 15) is 13.2 Å². The van der Waals surface area contributed by atoms with E-state index in [-0.39, 0.29) is 12.1 Å². The van der Waals surface area contributed by atoms with E-state index in [0.29, 0.717) is 10.2 Å². The van der Waals surface area contributed by atoms with Gasteiger partial charge in [-0.25, -0.2) is 13.5 Å². The minimum atomic E-state index is -3.18. The maximum absolute atomic E-state index is 11.5. The molecule has 0 atom stereocenters. The Bertz CT molecular complexity index is 565. The summed E-state index contributed by atoms with van der Waals surface area (Å²) in [6, 6.07) is 0. The Hall–Kier alpha value is -0.890. The predicted octanol–water partition coefficient (Wildman–Crippen LogP) is 0.768. The largest absolute Gasteiger partial charge is 0.381 e. The second-order valence-corrected chi connectivity index (χ2v) is 7.75. The molecule has 0 aromatic carbocycles. The molecule has 17 heavy (non-hydrogen) atoms. The SMILES string of the molecule is CC(C)(CNc1cn[nH]c(=O)c1Br)S(C)(=O)=O. The van der Waals surface area contributed by atoms with Gasteiger partial charge in [0.25, 0.3) is 5.56 Å². The fraction of sp³-hybridized carbons (Fsp3) is 0.556. The highest BCUT2D eigenvalue weighted by atomic mass is 79.9. The summed E-state index contributed by atoms with van der Waals surface area (Å²) < 4.78 is 22.4. The van der Waals surface area contributed by atoms with Crippen LogP contribution in [0.3, 0.4) is 0 Å². The summed E-state index contributed by atoms with van der Waals surface area (Å²) in [6.45, 7) is 3.42. The van der Waals surface area contributed by atoms with Crippen LogP contribution in [0, 0.1) is 0 Å². The molecule has 0 saturated heterocycles. The fourth-order valence-electron chi connectivity index (χ4n) is 0.946. The van der Waals surface area contributed by atoms with Crippen LogP contribution in [0.1, 0.15) is 13.8 Å². The maximum Gasteiger partial charge on any atom is 0.280 e. The molecule has 0 aliphatic carbocycles. The average Bonchev–Trinajstić information content (AvgIpc) is 2.18. The molecule has 0 amide bonds. The van der Waals surface area contributed by atoms with Crippen molar-refractivity contribution in [1.29, 1.82) is 0 Å². The standard InChI is InChI=1S/C9H14BrN3O3S/c1-9(2,17(3,15)16)5-11-6-4-12-13-8(14)7(6)10/h4H,5H2,1-3H3,(H2,11,13,14). The van der Waals surface area contributed by atoms with Crippen LogP contribution in [-0.2, 0) is 9.84 Å². The number of sulfone groups is 1. The Kier molecular flexibility index (Phi) is 3.98. The van der Waals surface area contributed by atoms with Gasteiger partial charge < -0.3 is 5.32 Å². The molecule has 0 spiro atoms. The van der Waals surface area contributed by atoms with Crippen molar-refractivity contribution < 1.29 is 8.42 Å². The van der Waals surface area contributed by atoms with Gasteiger partial charge in [-0.15, -0.1) is 0 Å². The number of nitrogens with zero attached hydrogens (tertiary/aromatic N) is 1. The molecule has 1 rings (SSSR count). The number of rotatable bonds is 4. The normalized spacial score (nSPS) is 12.5. The van der Waals surface area contributed by atoms with Gasteiger partial charge in [-0.2, -0.15) is 5.10 Å². The molecule has 0 unspecified atom stereocenters. The highest BCUT2D eigenvalue weighted by Crippen LogP contribution is 2.19. The van der Waals surface area contributed by atoms with E-state index >= 15 is 0 Å². The molecule has 1 aromatic heterocycles. The Morgan fingerprint density at radius 3 is 2.65 bits per heavy atom. The molecule has 0 saturated carbocycles. The van der Waals surface area contributed by atoms with Gasteiger partial charge >= 0.3 is 0 Å². The van der Waals surface area contributed by atoms with Crippen molar-refractivity contribution >= 4 is 31.5 Å². The van der Waals surface area contributed by atoms with Gasteiger partial charge in [-0.1, -0.05) is 0 Å². The van der Waals surface area contributed by atoms with E-state index in [0.717, 1.165) is 0 Å². The molecule has 1 aromatic rings. The number of hydrogen-bond donors (Lipinski definition) is 2. The van der Waals surface area contributed by atoms with Gasteiger partial charge in [0.1, 0.15) is 4.47 Å². The summed E-state index contributed by atoms with van der Waals surface area (Å²) >= 11 is 3.10. The average molecular weight is 324 g/mol. The Morgan fingerprint density at radius 1 is 1.53 bits per heavy atom. The van der Waals surface area contributed by atoms with Gasteiger partial charge in [-0.3, -0.25) is 4.79 Å². The van der Waals surface area contributed by atoms with Crippen molar-refractivity contribution in [2.75, 3.05) is 18.1 Å². The first-order valence-electron chi connectivity index (χ1n) is 4.82. The number of anilines is 1. The van der Waals surface area contributed by atoms with Crippen molar-refractivity contribution in [2.45, 2.75) is 18.6 Å². The molecule has 0 aliphatic heterocycles. The number of aromatic nitrogens is 2. The zero-order chi connectivity index (χ0) is 13.3. The molecule has 0 aliphatic rings. The number of halogens is 1. The zero-order valence-electron chi connectivity index (χ0n) is 9.74. The highest BCUT2D eigenvalue weighted by molar-refractivity contribution is 9.10. The van der Waals surface area contributed by atoms with E-state index in [2.05, 4.69) is 31.4 Å². The molecule has 96 valence electrons. The zero-order valence-corrected chi connectivity index (χ0v) is 12.1. The molecular weight excluding hydrogens is 310 g/mol. The summed E-state index contributed by atoms with van der Waals surface area (Å²) in [5, 5.41) is 8.78. The lowest BCUT2D eigenvalue weighted by Gasteiger charge is -2.23. The smallest absolute Gasteiger partial charge is 0.280 e. The monoisotopic (exact) mass is 323 g/mol. The van der Waals surface area contributed by atoms with Gasteiger partial charge in [0.05, 0.1) is 16.6 Å². The predicted molar refractivity (Wildman–Crippen MR) is 70.0 cm³/mol. The molecule has 1 heterocycles. The van der Waals surface area contributed by atoms with Crippen molar-refractivity contribution in [3.05, 3.63) is 21.0 Å². The van der Waals surface area contributed by atoms with Crippen molar-refractivity contribution in [1.82, 2.24) is 10.2 Å². The van der Waals surface area contributed by atoms with Crippen molar-refractivity contribution in [2.24, 2.45) is 0 Å². The lowest BCUT2D eigenvalue weighted by Crippen LogP contribution is -2.38. The summed E-state index contributed by atoms with van der Waals surface area (Å²) in [5.74, 6) is 0. The van der Waals surface area contributed by atoms with Crippen LogP contribution in [0.15, 0.2) is 15.5 Å². The lowest BCUT2D eigenvalue weighted by molar-refractivity contribution is 0.560. The second-order valence-electron chi connectivity index (χ2n) is 4.31. The van der Waals surface area contributed by atoms with E-state index < -0.39 is 14.6 Å². The van der Waals surface area contributed by atoms with Gasteiger partial charge in [0.2, 0.25) is 0 Å². The van der Waals surface area contributed by atoms with Gasteiger partial charge in [-0.05, 0) is 29.8 Å². The minimum absolute atomic E-state index is 0.190. The van der Waals surface area contributed by atoms with E-state index in [1.165, 1.54) is 12.5 Å². The quantitative estimate of drug-likeness (QED) is 0.853. The van der Waals surface area contributed by atoms with E-state index in [4.69, 9.17) is 0 Å². The van der Waals surface area contributed by atoms with Crippen LogP contribution >= 0.6 is 15.9 Å². The number of hydrogen-bond acceptors (Lipinski definition) is 5. The number of nitrogens with one attached hydrogen (secondary N) is 2. The number of H-pyrrole nitrogens is 1. The minimum Gasteiger partial charge on any atom is -0.381 e. The van der Waals surface area contributed by atoms with Crippen molar-refractivity contribution in [3.8, 4) is 0 Å². The van der Waals surface area contributed by atoms with E-state index in [1.807, 2.05) is 0 Å². The van der Waals surface area contributed by atoms with Gasteiger partial charge in [0, 0.05) is 12.8 Å². The van der Waals surface area contributed by atoms with Crippen LogP contribution in [0.5, 0.6) is 0 Å². The molecule has 0 fully saturated rings. The summed E-state index contributed by atoms with van der Waals surface area (Å²) in [7, 11) is -3.18. The Balaban J connectivity index is 2.89. The molecule has 2 N–H and O–H groups in total. The molecule has 8 heteroatoms. The van der Waals surface area contributed by atoms with E-state index in [1.54, 1.807) is 13.8 Å². The van der Waals surface area contributed by atoms with Crippen LogP contribution in [0.4, 0.5) is 5.69 Å². The summed E-state index contributed by atoms with van der Waals surface area (Å²) in [6.07, 6.45) is 2.60. The highest BCUT2D eigenvalue weighted by Gasteiger charge is 2.30. The summed E-state index contributed by atoms with van der Waals surface area (Å²) in [4.78, 5) is 11.2. The molecule has 0 bridgehead atoms. The number of aromatic amines is 1. The lowest BCUT2D eigenvalue weighted by atomic mass is 10.2. The van der Waals surface area contributed by atoms with Gasteiger partial charge in [0.15, 0.2) is 9.84 Å². The first-order valence-corrected chi connectivity index (χ1v) is 7.50. The maximum atomic E-state index is 11.5. The van der Waals surface area contributed by atoms with Crippen LogP contribution in [0.25, 0.3) is 0 Å². The Labute approximate surface area is 108 Å². The molecular formula is C9H14BrN3O3S. The van der Waals surface area contributed by atoms with Crippen LogP contribution < -0.4 is 10.9 Å². The van der Waals surface area contributed by atoms with Crippen LogP contribution in [-0.4, -0.2) is 36.2 Å². The molecule has 6 nitrogen and oxygen atoms in total.